The standard InChI is InChI=1S/C10H20N2.ClH.Cu/c1-9(2)11-6-7-12(8-11)10(3,4)5;;/h9H,6-7H2,1-5H3;1H;. The molecule has 0 atom stereocenters. The quantitative estimate of drug-likeness (QED) is 0.670. The van der Waals surface area contributed by atoms with Gasteiger partial charge < -0.3 is 0 Å². The average molecular weight is 268 g/mol. The van der Waals surface area contributed by atoms with E-state index in [0.717, 1.165) is 17.8 Å². The van der Waals surface area contributed by atoms with Crippen LogP contribution >= 0.6 is 12.4 Å². The summed E-state index contributed by atoms with van der Waals surface area (Å²) in [6.45, 7) is 13.1. The summed E-state index contributed by atoms with van der Waals surface area (Å²) < 4.78 is 0.995. The molecule has 1 saturated heterocycles. The molecule has 0 radical (unpaired) electrons. The Morgan fingerprint density at radius 2 is 1.71 bits per heavy atom. The van der Waals surface area contributed by atoms with E-state index in [1.807, 2.05) is 0 Å². The van der Waals surface area contributed by atoms with Gasteiger partial charge in [0.2, 0.25) is 0 Å². The molecule has 1 rings (SSSR count). The van der Waals surface area contributed by atoms with Crippen molar-refractivity contribution < 1.29 is 15.6 Å². The molecule has 0 aromatic carbocycles. The van der Waals surface area contributed by atoms with Crippen LogP contribution in [-0.4, -0.2) is 39.1 Å². The predicted molar refractivity (Wildman–Crippen MR) is 60.6 cm³/mol. The summed E-state index contributed by atoms with van der Waals surface area (Å²) >= 11 is 5.60. The van der Waals surface area contributed by atoms with E-state index < -0.39 is 0 Å². The van der Waals surface area contributed by atoms with E-state index in [1.54, 1.807) is 0 Å². The van der Waals surface area contributed by atoms with Crippen LogP contribution in [0.15, 0.2) is 0 Å². The largest absolute Gasteiger partial charge is 0.147 e. The zero-order valence-electron chi connectivity index (χ0n) is 9.60. The third kappa shape index (κ3) is 3.04. The van der Waals surface area contributed by atoms with E-state index in [-0.39, 0.29) is 17.9 Å². The monoisotopic (exact) mass is 267 g/mol. The van der Waals surface area contributed by atoms with E-state index in [9.17, 15) is 0 Å². The first-order valence-corrected chi connectivity index (χ1v) is 5.34. The van der Waals surface area contributed by atoms with Crippen LogP contribution in [0.25, 0.3) is 0 Å². The van der Waals surface area contributed by atoms with Crippen LogP contribution < -0.4 is 0 Å². The van der Waals surface area contributed by atoms with Crippen LogP contribution in [0.4, 0.5) is 0 Å². The van der Waals surface area contributed by atoms with Gasteiger partial charge in [-0.15, -0.1) is 12.4 Å². The molecular formula is C10H21ClCuN2. The van der Waals surface area contributed by atoms with Gasteiger partial charge in [0, 0.05) is 0 Å². The van der Waals surface area contributed by atoms with Crippen LogP contribution in [-0.2, 0) is 15.6 Å². The maximum Gasteiger partial charge on any atom is -0.147 e. The molecule has 4 heteroatoms. The van der Waals surface area contributed by atoms with Gasteiger partial charge in [0.05, 0.1) is 0 Å². The molecule has 0 N–H and O–H groups in total. The van der Waals surface area contributed by atoms with E-state index >= 15 is 0 Å². The molecule has 0 amide bonds. The molecule has 0 aliphatic carbocycles. The Morgan fingerprint density at radius 3 is 1.93 bits per heavy atom. The van der Waals surface area contributed by atoms with Gasteiger partial charge in [-0.2, -0.15) is 0 Å². The zero-order valence-corrected chi connectivity index (χ0v) is 11.4. The smallest absolute Gasteiger partial charge is 0.147 e. The van der Waals surface area contributed by atoms with Gasteiger partial charge in [0.25, 0.3) is 0 Å². The Hall–Kier alpha value is 0.599. The third-order valence-corrected chi connectivity index (χ3v) is 2.94. The molecule has 2 nitrogen and oxygen atoms in total. The number of halogens is 1. The molecule has 0 bridgehead atoms. The topological polar surface area (TPSA) is 6.48 Å². The van der Waals surface area contributed by atoms with Crippen LogP contribution in [0.3, 0.4) is 0 Å². The molecule has 89 valence electrons. The summed E-state index contributed by atoms with van der Waals surface area (Å²) in [5.74, 6) is 0. The van der Waals surface area contributed by atoms with E-state index in [0.29, 0.717) is 6.04 Å². The minimum Gasteiger partial charge on any atom is -0.147 e. The fourth-order valence-corrected chi connectivity index (χ4v) is 2.34. The Kier molecular flexibility index (Phi) is 5.31. The van der Waals surface area contributed by atoms with Crippen molar-refractivity contribution in [2.75, 3.05) is 13.1 Å². The molecule has 14 heavy (non-hydrogen) atoms. The van der Waals surface area contributed by atoms with Gasteiger partial charge in [-0.1, -0.05) is 0 Å². The minimum atomic E-state index is 0. The number of hydrogen-bond donors (Lipinski definition) is 0. The Bertz CT molecular complexity index is 211. The van der Waals surface area contributed by atoms with E-state index in [1.165, 1.54) is 0 Å². The van der Waals surface area contributed by atoms with E-state index in [2.05, 4.69) is 44.4 Å². The van der Waals surface area contributed by atoms with Crippen molar-refractivity contribution in [2.24, 2.45) is 0 Å². The van der Waals surface area contributed by atoms with Gasteiger partial charge >= 0.3 is 89.3 Å². The number of rotatable bonds is 1. The third-order valence-electron chi connectivity index (χ3n) is 2.41. The molecule has 1 heterocycles. The molecule has 1 fully saturated rings. The first-order chi connectivity index (χ1) is 5.84. The normalized spacial score (nSPS) is 20.4. The van der Waals surface area contributed by atoms with Crippen LogP contribution in [0.2, 0.25) is 0 Å². The molecule has 0 aromatic heterocycles. The summed E-state index contributed by atoms with van der Waals surface area (Å²) in [5.41, 5.74) is 0.162. The second-order valence-corrected chi connectivity index (χ2v) is 5.27. The molecule has 1 aliphatic heterocycles. The van der Waals surface area contributed by atoms with Crippen molar-refractivity contribution in [3.8, 4) is 0 Å². The van der Waals surface area contributed by atoms with Crippen molar-refractivity contribution >= 4 is 17.1 Å². The van der Waals surface area contributed by atoms with Crippen molar-refractivity contribution in [3.05, 3.63) is 0 Å². The SMILES string of the molecule is CC(C)N1CCN(C(C)(C)C)[C]1=[Cu].Cl. The molecule has 0 unspecified atom stereocenters. The summed E-state index contributed by atoms with van der Waals surface area (Å²) in [6, 6.07) is 0.522. The van der Waals surface area contributed by atoms with Gasteiger partial charge in [-0.3, -0.25) is 0 Å². The number of nitrogens with zero attached hydrogens (tertiary/aromatic N) is 2. The molecular weight excluding hydrogens is 247 g/mol. The Labute approximate surface area is 102 Å². The van der Waals surface area contributed by atoms with Crippen molar-refractivity contribution in [3.63, 3.8) is 0 Å². The average Bonchev–Trinajstić information content (AvgIpc) is 2.28. The van der Waals surface area contributed by atoms with Crippen molar-refractivity contribution in [1.29, 1.82) is 0 Å². The van der Waals surface area contributed by atoms with Gasteiger partial charge in [0.1, 0.15) is 0 Å². The fraction of sp³-hybridized carbons (Fsp3) is 0.900. The first kappa shape index (κ1) is 14.6. The molecule has 0 saturated carbocycles. The van der Waals surface area contributed by atoms with Crippen LogP contribution in [0.1, 0.15) is 34.6 Å². The summed E-state index contributed by atoms with van der Waals surface area (Å²) in [7, 11) is 0. The molecule has 1 aliphatic rings. The Morgan fingerprint density at radius 1 is 1.21 bits per heavy atom. The van der Waals surface area contributed by atoms with Crippen LogP contribution in [0.5, 0.6) is 0 Å². The number of hydrogen-bond acceptors (Lipinski definition) is 2. The summed E-state index contributed by atoms with van der Waals surface area (Å²) in [4.78, 5) is 4.58. The van der Waals surface area contributed by atoms with Crippen LogP contribution in [0, 0.1) is 0 Å². The second-order valence-electron chi connectivity index (χ2n) is 4.84. The summed E-state index contributed by atoms with van der Waals surface area (Å²) in [6.07, 6.45) is 0. The second kappa shape index (κ2) is 5.09. The molecule has 0 spiro atoms. The predicted octanol–water partition coefficient (Wildman–Crippen LogP) is 1.87. The van der Waals surface area contributed by atoms with Gasteiger partial charge in [-0.05, 0) is 0 Å². The van der Waals surface area contributed by atoms with Crippen molar-refractivity contribution in [1.82, 2.24) is 9.80 Å². The van der Waals surface area contributed by atoms with Crippen molar-refractivity contribution in [2.45, 2.75) is 46.2 Å². The van der Waals surface area contributed by atoms with E-state index in [4.69, 9.17) is 15.6 Å². The first-order valence-electron chi connectivity index (χ1n) is 4.87. The maximum atomic E-state index is 5.60. The van der Waals surface area contributed by atoms with Gasteiger partial charge in [-0.25, -0.2) is 0 Å². The maximum absolute atomic E-state index is 5.60. The Balaban J connectivity index is 0.00000169. The summed E-state index contributed by atoms with van der Waals surface area (Å²) in [5, 5.41) is 0. The zero-order chi connectivity index (χ0) is 10.2. The van der Waals surface area contributed by atoms with Gasteiger partial charge in [0.15, 0.2) is 0 Å². The minimum absolute atomic E-state index is 0. The molecule has 0 aromatic rings. The fourth-order valence-electron chi connectivity index (χ4n) is 1.57.